The van der Waals surface area contributed by atoms with Crippen molar-refractivity contribution in [1.82, 2.24) is 4.31 Å². The van der Waals surface area contributed by atoms with Crippen LogP contribution in [0.2, 0.25) is 5.02 Å². The van der Waals surface area contributed by atoms with Crippen LogP contribution in [0.5, 0.6) is 0 Å². The summed E-state index contributed by atoms with van der Waals surface area (Å²) >= 11 is 5.89. The summed E-state index contributed by atoms with van der Waals surface area (Å²) < 4.78 is 25.9. The zero-order valence-electron chi connectivity index (χ0n) is 10.3. The third-order valence-corrected chi connectivity index (χ3v) is 5.27. The Morgan fingerprint density at radius 3 is 2.60 bits per heavy atom. The van der Waals surface area contributed by atoms with Crippen molar-refractivity contribution in [3.63, 3.8) is 0 Å². The molecule has 1 aromatic rings. The Hall–Kier alpha value is -1.62. The summed E-state index contributed by atoms with van der Waals surface area (Å²) in [5.74, 6) is -1.22. The van der Waals surface area contributed by atoms with Gasteiger partial charge in [-0.1, -0.05) is 11.6 Å². The van der Waals surface area contributed by atoms with E-state index < -0.39 is 22.5 Å². The summed E-state index contributed by atoms with van der Waals surface area (Å²) in [4.78, 5) is 10.6. The smallest absolute Gasteiger partial charge is 0.318 e. The van der Waals surface area contributed by atoms with Crippen LogP contribution in [-0.4, -0.2) is 36.4 Å². The molecule has 0 bridgehead atoms. The van der Waals surface area contributed by atoms with Crippen molar-refractivity contribution in [2.45, 2.75) is 23.8 Å². The van der Waals surface area contributed by atoms with Gasteiger partial charge in [-0.25, -0.2) is 8.42 Å². The molecule has 0 aliphatic heterocycles. The van der Waals surface area contributed by atoms with Gasteiger partial charge < -0.3 is 5.11 Å². The van der Waals surface area contributed by atoms with Gasteiger partial charge in [0, 0.05) is 6.04 Å². The predicted octanol–water partition coefficient (Wildman–Crippen LogP) is 1.45. The number of aliphatic carboxylic acids is 1. The Balaban J connectivity index is 2.43. The largest absolute Gasteiger partial charge is 0.480 e. The third-order valence-electron chi connectivity index (χ3n) is 2.89. The van der Waals surface area contributed by atoms with Gasteiger partial charge in [0.2, 0.25) is 10.0 Å². The minimum Gasteiger partial charge on any atom is -0.480 e. The highest BCUT2D eigenvalue weighted by molar-refractivity contribution is 7.89. The minimum atomic E-state index is -3.98. The number of carboxylic acid groups (broad SMARTS) is 1. The number of rotatable bonds is 5. The minimum absolute atomic E-state index is 0.0833. The van der Waals surface area contributed by atoms with E-state index in [0.717, 1.165) is 4.31 Å². The Bertz CT molecular complexity index is 692. The van der Waals surface area contributed by atoms with Gasteiger partial charge in [0.1, 0.15) is 11.4 Å². The van der Waals surface area contributed by atoms with Crippen molar-refractivity contribution in [3.05, 3.63) is 28.8 Å². The molecule has 1 N–H and O–H groups in total. The SMILES string of the molecule is N#Cc1ccc(S(=O)(=O)N(CC(=O)O)C2CC2)c(Cl)c1. The summed E-state index contributed by atoms with van der Waals surface area (Å²) in [6.45, 7) is -0.594. The average Bonchev–Trinajstić information content (AvgIpc) is 3.19. The second-order valence-electron chi connectivity index (χ2n) is 4.43. The standard InChI is InChI=1S/C12H11ClN2O4S/c13-10-5-8(6-14)1-4-11(10)20(18,19)15(7-12(16)17)9-2-3-9/h1,4-5,9H,2-3,7H2,(H,16,17). The molecule has 1 fully saturated rings. The van der Waals surface area contributed by atoms with Gasteiger partial charge in [-0.3, -0.25) is 4.79 Å². The maximum atomic E-state index is 12.5. The molecule has 0 spiro atoms. The van der Waals surface area contributed by atoms with Gasteiger partial charge in [-0.05, 0) is 31.0 Å². The fraction of sp³-hybridized carbons (Fsp3) is 0.333. The van der Waals surface area contributed by atoms with E-state index >= 15 is 0 Å². The van der Waals surface area contributed by atoms with Crippen molar-refractivity contribution in [2.24, 2.45) is 0 Å². The molecule has 2 rings (SSSR count). The van der Waals surface area contributed by atoms with E-state index in [1.165, 1.54) is 18.2 Å². The number of nitrogens with zero attached hydrogens (tertiary/aromatic N) is 2. The molecule has 1 aromatic carbocycles. The highest BCUT2D eigenvalue weighted by Gasteiger charge is 2.40. The topological polar surface area (TPSA) is 98.5 Å². The molecule has 106 valence electrons. The van der Waals surface area contributed by atoms with Crippen molar-refractivity contribution in [3.8, 4) is 6.07 Å². The molecule has 1 aliphatic rings. The molecule has 0 unspecified atom stereocenters. The monoisotopic (exact) mass is 314 g/mol. The first-order chi connectivity index (χ1) is 9.36. The third kappa shape index (κ3) is 2.93. The van der Waals surface area contributed by atoms with E-state index in [1.54, 1.807) is 0 Å². The van der Waals surface area contributed by atoms with E-state index in [2.05, 4.69) is 0 Å². The number of carbonyl (C=O) groups is 1. The molecule has 0 amide bonds. The van der Waals surface area contributed by atoms with Crippen molar-refractivity contribution >= 4 is 27.6 Å². The number of hydrogen-bond donors (Lipinski definition) is 1. The fourth-order valence-electron chi connectivity index (χ4n) is 1.81. The zero-order valence-corrected chi connectivity index (χ0v) is 11.9. The van der Waals surface area contributed by atoms with Gasteiger partial charge in [0.05, 0.1) is 16.7 Å². The van der Waals surface area contributed by atoms with Crippen LogP contribution in [0.4, 0.5) is 0 Å². The molecule has 0 saturated heterocycles. The molecule has 20 heavy (non-hydrogen) atoms. The van der Waals surface area contributed by atoms with Crippen LogP contribution >= 0.6 is 11.6 Å². The van der Waals surface area contributed by atoms with Crippen molar-refractivity contribution < 1.29 is 18.3 Å². The van der Waals surface area contributed by atoms with Crippen LogP contribution in [0, 0.1) is 11.3 Å². The van der Waals surface area contributed by atoms with Crippen LogP contribution in [0.15, 0.2) is 23.1 Å². The first-order valence-electron chi connectivity index (χ1n) is 5.79. The molecule has 1 saturated carbocycles. The Labute approximate surface area is 121 Å². The van der Waals surface area contributed by atoms with Crippen LogP contribution < -0.4 is 0 Å². The Kier molecular flexibility index (Phi) is 3.99. The molecule has 0 radical (unpaired) electrons. The Morgan fingerprint density at radius 2 is 2.15 bits per heavy atom. The van der Waals surface area contributed by atoms with Crippen LogP contribution in [0.25, 0.3) is 0 Å². The van der Waals surface area contributed by atoms with Crippen molar-refractivity contribution in [1.29, 1.82) is 5.26 Å². The van der Waals surface area contributed by atoms with Crippen molar-refractivity contribution in [2.75, 3.05) is 6.54 Å². The summed E-state index contributed by atoms with van der Waals surface area (Å²) in [6, 6.07) is 5.38. The van der Waals surface area contributed by atoms with Gasteiger partial charge in [-0.15, -0.1) is 0 Å². The van der Waals surface area contributed by atoms with E-state index in [9.17, 15) is 13.2 Å². The first kappa shape index (κ1) is 14.8. The van der Waals surface area contributed by atoms with Crippen LogP contribution in [0.3, 0.4) is 0 Å². The van der Waals surface area contributed by atoms with E-state index in [0.29, 0.717) is 12.8 Å². The normalized spacial score (nSPS) is 15.1. The highest BCUT2D eigenvalue weighted by Crippen LogP contribution is 2.34. The quantitative estimate of drug-likeness (QED) is 0.887. The number of benzene rings is 1. The molecule has 0 aromatic heterocycles. The lowest BCUT2D eigenvalue weighted by atomic mass is 10.2. The lowest BCUT2D eigenvalue weighted by Gasteiger charge is -2.20. The molecule has 6 nitrogen and oxygen atoms in total. The predicted molar refractivity (Wildman–Crippen MR) is 70.7 cm³/mol. The maximum absolute atomic E-state index is 12.5. The summed E-state index contributed by atoms with van der Waals surface area (Å²) in [5, 5.41) is 17.5. The molecule has 1 aliphatic carbocycles. The van der Waals surface area contributed by atoms with Crippen LogP contribution in [-0.2, 0) is 14.8 Å². The number of halogens is 1. The molecular weight excluding hydrogens is 304 g/mol. The first-order valence-corrected chi connectivity index (χ1v) is 7.61. The summed E-state index contributed by atoms with van der Waals surface area (Å²) in [7, 11) is -3.98. The molecule has 0 atom stereocenters. The maximum Gasteiger partial charge on any atom is 0.318 e. The van der Waals surface area contributed by atoms with E-state index in [1.807, 2.05) is 6.07 Å². The number of hydrogen-bond acceptors (Lipinski definition) is 4. The lowest BCUT2D eigenvalue weighted by molar-refractivity contribution is -0.137. The second kappa shape index (κ2) is 5.40. The lowest BCUT2D eigenvalue weighted by Crippen LogP contribution is -2.37. The Morgan fingerprint density at radius 1 is 1.50 bits per heavy atom. The van der Waals surface area contributed by atoms with E-state index in [-0.39, 0.29) is 21.5 Å². The molecule has 0 heterocycles. The number of sulfonamides is 1. The van der Waals surface area contributed by atoms with Gasteiger partial charge in [0.15, 0.2) is 0 Å². The van der Waals surface area contributed by atoms with Gasteiger partial charge in [0.25, 0.3) is 0 Å². The molecule has 8 heteroatoms. The van der Waals surface area contributed by atoms with Gasteiger partial charge >= 0.3 is 5.97 Å². The summed E-state index contributed by atoms with van der Waals surface area (Å²) in [5.41, 5.74) is 0.241. The highest BCUT2D eigenvalue weighted by atomic mass is 35.5. The average molecular weight is 315 g/mol. The summed E-state index contributed by atoms with van der Waals surface area (Å²) in [6.07, 6.45) is 1.28. The molecular formula is C12H11ClN2O4S. The second-order valence-corrected chi connectivity index (χ2v) is 6.70. The number of carboxylic acids is 1. The fourth-order valence-corrected chi connectivity index (χ4v) is 3.97. The number of nitriles is 1. The van der Waals surface area contributed by atoms with Gasteiger partial charge in [-0.2, -0.15) is 9.57 Å². The van der Waals surface area contributed by atoms with E-state index in [4.69, 9.17) is 22.0 Å². The van der Waals surface area contributed by atoms with Crippen LogP contribution in [0.1, 0.15) is 18.4 Å². The zero-order chi connectivity index (χ0) is 14.9.